The molecule has 2 aromatic carbocycles. The average molecular weight is 338 g/mol. The molecule has 132 valence electrons. The molecule has 1 aliphatic heterocycles. The second-order valence-electron chi connectivity index (χ2n) is 6.35. The van der Waals surface area contributed by atoms with E-state index >= 15 is 0 Å². The molecule has 3 rings (SSSR count). The fraction of sp³-hybridized carbons (Fsp3) is 0.381. The van der Waals surface area contributed by atoms with Gasteiger partial charge in [0.15, 0.2) is 5.78 Å². The number of Topliss-reactive ketones (excluding diaryl/α,β-unsaturated/α-hetero) is 1. The molecule has 0 saturated carbocycles. The molecule has 1 atom stereocenters. The van der Waals surface area contributed by atoms with E-state index in [1.165, 1.54) is 0 Å². The van der Waals surface area contributed by atoms with Crippen molar-refractivity contribution in [3.63, 3.8) is 0 Å². The number of carbonyl (C=O) groups is 1. The van der Waals surface area contributed by atoms with E-state index in [1.54, 1.807) is 0 Å². The van der Waals surface area contributed by atoms with Crippen molar-refractivity contribution in [1.82, 2.24) is 10.2 Å². The van der Waals surface area contributed by atoms with Crippen molar-refractivity contribution in [2.24, 2.45) is 0 Å². The molecule has 1 N–H and O–H groups in total. The van der Waals surface area contributed by atoms with Crippen LogP contribution in [0.15, 0.2) is 60.7 Å². The number of benzene rings is 2. The monoisotopic (exact) mass is 338 g/mol. The van der Waals surface area contributed by atoms with Gasteiger partial charge in [0.2, 0.25) is 0 Å². The van der Waals surface area contributed by atoms with Gasteiger partial charge >= 0.3 is 0 Å². The van der Waals surface area contributed by atoms with Gasteiger partial charge in [-0.2, -0.15) is 0 Å². The van der Waals surface area contributed by atoms with Crippen molar-refractivity contribution in [2.45, 2.75) is 25.5 Å². The van der Waals surface area contributed by atoms with E-state index in [-0.39, 0.29) is 17.9 Å². The highest BCUT2D eigenvalue weighted by molar-refractivity contribution is 5.84. The molecule has 1 unspecified atom stereocenters. The molecule has 0 radical (unpaired) electrons. The summed E-state index contributed by atoms with van der Waals surface area (Å²) in [5, 5.41) is 3.31. The second kappa shape index (κ2) is 8.90. The third kappa shape index (κ3) is 4.54. The average Bonchev–Trinajstić information content (AvgIpc) is 2.69. The zero-order valence-corrected chi connectivity index (χ0v) is 14.7. The van der Waals surface area contributed by atoms with E-state index in [1.807, 2.05) is 43.3 Å². The smallest absolute Gasteiger partial charge is 0.151 e. The van der Waals surface area contributed by atoms with E-state index in [9.17, 15) is 4.79 Å². The van der Waals surface area contributed by atoms with E-state index < -0.39 is 0 Å². The summed E-state index contributed by atoms with van der Waals surface area (Å²) < 4.78 is 6.32. The third-order valence-corrected chi connectivity index (χ3v) is 4.69. The third-order valence-electron chi connectivity index (χ3n) is 4.69. The molecular formula is C21H26N2O2. The van der Waals surface area contributed by atoms with Crippen LogP contribution in [0.2, 0.25) is 0 Å². The van der Waals surface area contributed by atoms with Gasteiger partial charge in [0.05, 0.1) is 6.04 Å². The molecular weight excluding hydrogens is 312 g/mol. The van der Waals surface area contributed by atoms with Crippen LogP contribution in [0, 0.1) is 0 Å². The Labute approximate surface area is 149 Å². The zero-order valence-electron chi connectivity index (χ0n) is 14.7. The summed E-state index contributed by atoms with van der Waals surface area (Å²) in [7, 11) is 0. The SMILES string of the molecule is CCC(=O)C1CNCCN1COC(c1ccccc1)c1ccccc1. The van der Waals surface area contributed by atoms with Crippen LogP contribution in [0.5, 0.6) is 0 Å². The maximum atomic E-state index is 12.2. The lowest BCUT2D eigenvalue weighted by Crippen LogP contribution is -2.55. The van der Waals surface area contributed by atoms with Crippen molar-refractivity contribution >= 4 is 5.78 Å². The topological polar surface area (TPSA) is 41.6 Å². The molecule has 0 bridgehead atoms. The minimum absolute atomic E-state index is 0.0917. The van der Waals surface area contributed by atoms with Crippen LogP contribution in [-0.4, -0.2) is 43.1 Å². The highest BCUT2D eigenvalue weighted by Crippen LogP contribution is 2.26. The maximum absolute atomic E-state index is 12.2. The standard InChI is InChI=1S/C21H26N2O2/c1-2-20(24)19-15-22-13-14-23(19)16-25-21(17-9-5-3-6-10-17)18-11-7-4-8-12-18/h3-12,19,21-22H,2,13-16H2,1H3. The van der Waals surface area contributed by atoms with Crippen LogP contribution in [0.1, 0.15) is 30.6 Å². The molecule has 4 nitrogen and oxygen atoms in total. The zero-order chi connectivity index (χ0) is 17.5. The van der Waals surface area contributed by atoms with Gasteiger partial charge in [0.25, 0.3) is 0 Å². The lowest BCUT2D eigenvalue weighted by atomic mass is 10.0. The van der Waals surface area contributed by atoms with Gasteiger partial charge < -0.3 is 10.1 Å². The Bertz CT molecular complexity index is 621. The first-order valence-electron chi connectivity index (χ1n) is 8.98. The first kappa shape index (κ1) is 17.8. The van der Waals surface area contributed by atoms with Crippen LogP contribution >= 0.6 is 0 Å². The van der Waals surface area contributed by atoms with Crippen LogP contribution in [-0.2, 0) is 9.53 Å². The normalized spacial score (nSPS) is 18.4. The fourth-order valence-corrected chi connectivity index (χ4v) is 3.26. The number of rotatable bonds is 7. The van der Waals surface area contributed by atoms with Crippen molar-refractivity contribution in [3.8, 4) is 0 Å². The summed E-state index contributed by atoms with van der Waals surface area (Å²) in [6.45, 7) is 4.79. The van der Waals surface area contributed by atoms with Crippen LogP contribution in [0.4, 0.5) is 0 Å². The molecule has 1 aliphatic rings. The van der Waals surface area contributed by atoms with E-state index in [2.05, 4.69) is 34.5 Å². The van der Waals surface area contributed by atoms with E-state index in [4.69, 9.17) is 4.74 Å². The maximum Gasteiger partial charge on any atom is 0.151 e. The van der Waals surface area contributed by atoms with Gasteiger partial charge in [-0.3, -0.25) is 9.69 Å². The Morgan fingerprint density at radius 3 is 2.28 bits per heavy atom. The molecule has 25 heavy (non-hydrogen) atoms. The Morgan fingerprint density at radius 1 is 1.12 bits per heavy atom. The molecule has 1 heterocycles. The number of hydrogen-bond donors (Lipinski definition) is 1. The predicted molar refractivity (Wildman–Crippen MR) is 99.3 cm³/mol. The number of ether oxygens (including phenoxy) is 1. The van der Waals surface area contributed by atoms with E-state index in [0.717, 1.165) is 24.2 Å². The molecule has 1 fully saturated rings. The summed E-state index contributed by atoms with van der Waals surface area (Å²) in [5.74, 6) is 0.270. The van der Waals surface area contributed by atoms with Gasteiger partial charge in [0, 0.05) is 26.1 Å². The summed E-state index contributed by atoms with van der Waals surface area (Å²) in [5.41, 5.74) is 2.25. The molecule has 2 aromatic rings. The first-order valence-corrected chi connectivity index (χ1v) is 8.98. The van der Waals surface area contributed by atoms with Gasteiger partial charge in [-0.15, -0.1) is 0 Å². The second-order valence-corrected chi connectivity index (χ2v) is 6.35. The molecule has 4 heteroatoms. The summed E-state index contributed by atoms with van der Waals surface area (Å²) in [6, 6.07) is 20.4. The lowest BCUT2D eigenvalue weighted by molar-refractivity contribution is -0.128. The largest absolute Gasteiger partial charge is 0.353 e. The molecule has 0 aromatic heterocycles. The van der Waals surface area contributed by atoms with Crippen molar-refractivity contribution in [1.29, 1.82) is 0 Å². The Morgan fingerprint density at radius 2 is 1.72 bits per heavy atom. The van der Waals surface area contributed by atoms with Crippen LogP contribution in [0.3, 0.4) is 0 Å². The van der Waals surface area contributed by atoms with Crippen LogP contribution in [0.25, 0.3) is 0 Å². The fourth-order valence-electron chi connectivity index (χ4n) is 3.26. The quantitative estimate of drug-likeness (QED) is 0.843. The molecule has 0 spiro atoms. The highest BCUT2D eigenvalue weighted by Gasteiger charge is 2.28. The molecule has 0 aliphatic carbocycles. The molecule has 0 amide bonds. The number of hydrogen-bond acceptors (Lipinski definition) is 4. The van der Waals surface area contributed by atoms with Crippen molar-refractivity contribution in [3.05, 3.63) is 71.8 Å². The van der Waals surface area contributed by atoms with Gasteiger partial charge in [0.1, 0.15) is 12.8 Å². The Hall–Kier alpha value is -2.01. The molecule has 1 saturated heterocycles. The van der Waals surface area contributed by atoms with Crippen molar-refractivity contribution < 1.29 is 9.53 Å². The minimum atomic E-state index is -0.130. The lowest BCUT2D eigenvalue weighted by Gasteiger charge is -2.35. The highest BCUT2D eigenvalue weighted by atomic mass is 16.5. The Kier molecular flexibility index (Phi) is 6.34. The summed E-state index contributed by atoms with van der Waals surface area (Å²) >= 11 is 0. The number of ketones is 1. The van der Waals surface area contributed by atoms with Gasteiger partial charge in [-0.05, 0) is 11.1 Å². The Balaban J connectivity index is 1.75. The minimum Gasteiger partial charge on any atom is -0.353 e. The van der Waals surface area contributed by atoms with Crippen molar-refractivity contribution in [2.75, 3.05) is 26.4 Å². The van der Waals surface area contributed by atoms with Crippen LogP contribution < -0.4 is 5.32 Å². The number of nitrogens with zero attached hydrogens (tertiary/aromatic N) is 1. The summed E-state index contributed by atoms with van der Waals surface area (Å²) in [6.07, 6.45) is 0.429. The first-order chi connectivity index (χ1) is 12.3. The predicted octanol–water partition coefficient (Wildman–Crippen LogP) is 3.00. The number of nitrogens with one attached hydrogen (secondary N) is 1. The van der Waals surface area contributed by atoms with E-state index in [0.29, 0.717) is 19.7 Å². The number of piperazine rings is 1. The number of carbonyl (C=O) groups excluding carboxylic acids is 1. The van der Waals surface area contributed by atoms with Gasteiger partial charge in [-0.1, -0.05) is 67.6 Å². The van der Waals surface area contributed by atoms with Gasteiger partial charge in [-0.25, -0.2) is 0 Å². The summed E-state index contributed by atoms with van der Waals surface area (Å²) in [4.78, 5) is 14.4.